The molecule has 0 saturated heterocycles. The van der Waals surface area contributed by atoms with Crippen LogP contribution in [0.25, 0.3) is 0 Å². The topological polar surface area (TPSA) is 77.0 Å². The minimum Gasteiger partial charge on any atom is -0.383 e. The Labute approximate surface area is 105 Å². The number of anilines is 1. The van der Waals surface area contributed by atoms with Gasteiger partial charge in [0.1, 0.15) is 11.4 Å². The Morgan fingerprint density at radius 1 is 1.44 bits per heavy atom. The number of hydrogen-bond acceptors (Lipinski definition) is 4. The van der Waals surface area contributed by atoms with Gasteiger partial charge in [-0.2, -0.15) is 5.10 Å². The molecule has 6 heteroatoms. The molecule has 0 aromatic carbocycles. The van der Waals surface area contributed by atoms with Crippen molar-refractivity contribution in [2.24, 2.45) is 7.05 Å². The number of aromatic nitrogens is 3. The third-order valence-electron chi connectivity index (χ3n) is 2.73. The number of rotatable bonds is 3. The van der Waals surface area contributed by atoms with Gasteiger partial charge < -0.3 is 10.6 Å². The predicted molar refractivity (Wildman–Crippen MR) is 67.7 cm³/mol. The Balaban J connectivity index is 2.12. The Morgan fingerprint density at radius 2 is 2.11 bits per heavy atom. The van der Waals surface area contributed by atoms with E-state index < -0.39 is 0 Å². The normalized spacial score (nSPS) is 10.3. The summed E-state index contributed by atoms with van der Waals surface area (Å²) in [5.74, 6) is 0.235. The molecule has 0 atom stereocenters. The molecule has 18 heavy (non-hydrogen) atoms. The van der Waals surface area contributed by atoms with Gasteiger partial charge >= 0.3 is 0 Å². The van der Waals surface area contributed by atoms with Crippen molar-refractivity contribution in [1.82, 2.24) is 19.7 Å². The van der Waals surface area contributed by atoms with Crippen LogP contribution in [0, 0.1) is 0 Å². The lowest BCUT2D eigenvalue weighted by molar-refractivity contribution is 0.0786. The maximum Gasteiger partial charge on any atom is 0.259 e. The van der Waals surface area contributed by atoms with E-state index >= 15 is 0 Å². The first kappa shape index (κ1) is 12.1. The number of amides is 1. The molecular formula is C12H15N5O. The summed E-state index contributed by atoms with van der Waals surface area (Å²) in [7, 11) is 3.43. The Bertz CT molecular complexity index is 549. The second kappa shape index (κ2) is 4.87. The molecule has 2 aromatic rings. The summed E-state index contributed by atoms with van der Waals surface area (Å²) in [6.45, 7) is 0.510. The van der Waals surface area contributed by atoms with Crippen molar-refractivity contribution in [3.63, 3.8) is 0 Å². The summed E-state index contributed by atoms with van der Waals surface area (Å²) >= 11 is 0. The molecule has 0 fully saturated rings. The zero-order valence-electron chi connectivity index (χ0n) is 10.4. The van der Waals surface area contributed by atoms with Crippen LogP contribution >= 0.6 is 0 Å². The molecule has 0 bridgehead atoms. The number of carbonyl (C=O) groups excluding carboxylic acids is 1. The van der Waals surface area contributed by atoms with Crippen LogP contribution in [0.4, 0.5) is 5.82 Å². The highest BCUT2D eigenvalue weighted by Gasteiger charge is 2.17. The Morgan fingerprint density at radius 3 is 2.67 bits per heavy atom. The molecule has 6 nitrogen and oxygen atoms in total. The third-order valence-corrected chi connectivity index (χ3v) is 2.73. The minimum atomic E-state index is -0.141. The highest BCUT2D eigenvalue weighted by molar-refractivity contribution is 5.98. The quantitative estimate of drug-likeness (QED) is 0.862. The number of pyridine rings is 1. The fraction of sp³-hybridized carbons (Fsp3) is 0.250. The van der Waals surface area contributed by atoms with Gasteiger partial charge in [0.25, 0.3) is 5.91 Å². The predicted octanol–water partition coefficient (Wildman–Crippen LogP) is 0.670. The van der Waals surface area contributed by atoms with Crippen LogP contribution in [0.15, 0.2) is 30.7 Å². The van der Waals surface area contributed by atoms with Crippen molar-refractivity contribution in [3.05, 3.63) is 41.9 Å². The molecule has 0 spiro atoms. The van der Waals surface area contributed by atoms with Crippen molar-refractivity contribution in [3.8, 4) is 0 Å². The molecule has 0 radical (unpaired) electrons. The summed E-state index contributed by atoms with van der Waals surface area (Å²) in [4.78, 5) is 17.7. The average molecular weight is 245 g/mol. The van der Waals surface area contributed by atoms with E-state index in [0.717, 1.165) is 5.56 Å². The molecule has 0 aliphatic rings. The lowest BCUT2D eigenvalue weighted by Crippen LogP contribution is -2.26. The molecule has 0 aliphatic carbocycles. The summed E-state index contributed by atoms with van der Waals surface area (Å²) in [5.41, 5.74) is 7.22. The van der Waals surface area contributed by atoms with E-state index in [-0.39, 0.29) is 5.91 Å². The van der Waals surface area contributed by atoms with Gasteiger partial charge in [-0.3, -0.25) is 14.5 Å². The van der Waals surface area contributed by atoms with Crippen LogP contribution in [0.5, 0.6) is 0 Å². The molecule has 0 aliphatic heterocycles. The van der Waals surface area contributed by atoms with Crippen LogP contribution in [-0.2, 0) is 13.6 Å². The first-order chi connectivity index (χ1) is 8.59. The lowest BCUT2D eigenvalue weighted by Gasteiger charge is -2.16. The van der Waals surface area contributed by atoms with E-state index in [0.29, 0.717) is 17.9 Å². The average Bonchev–Trinajstić information content (AvgIpc) is 2.70. The monoisotopic (exact) mass is 245 g/mol. The van der Waals surface area contributed by atoms with E-state index in [9.17, 15) is 4.79 Å². The molecule has 2 aromatic heterocycles. The zero-order valence-corrected chi connectivity index (χ0v) is 10.4. The van der Waals surface area contributed by atoms with Crippen molar-refractivity contribution in [1.29, 1.82) is 0 Å². The standard InChI is InChI=1S/C12H15N5O/c1-16(8-9-3-5-14-6-4-9)12(18)10-7-15-17(2)11(10)13/h3-7H,8,13H2,1-2H3. The fourth-order valence-corrected chi connectivity index (χ4v) is 1.65. The van der Waals surface area contributed by atoms with Gasteiger partial charge in [-0.05, 0) is 17.7 Å². The van der Waals surface area contributed by atoms with Crippen LogP contribution in [0.2, 0.25) is 0 Å². The van der Waals surface area contributed by atoms with E-state index in [4.69, 9.17) is 5.73 Å². The molecule has 0 unspecified atom stereocenters. The summed E-state index contributed by atoms with van der Waals surface area (Å²) in [6, 6.07) is 3.74. The molecular weight excluding hydrogens is 230 g/mol. The van der Waals surface area contributed by atoms with E-state index in [1.807, 2.05) is 12.1 Å². The Hall–Kier alpha value is -2.37. The smallest absolute Gasteiger partial charge is 0.259 e. The van der Waals surface area contributed by atoms with Crippen LogP contribution in [0.3, 0.4) is 0 Å². The van der Waals surface area contributed by atoms with Gasteiger partial charge in [0.15, 0.2) is 0 Å². The highest BCUT2D eigenvalue weighted by atomic mass is 16.2. The van der Waals surface area contributed by atoms with Gasteiger partial charge in [-0.1, -0.05) is 0 Å². The van der Waals surface area contributed by atoms with E-state index in [1.165, 1.54) is 10.9 Å². The second-order valence-corrected chi connectivity index (χ2v) is 4.08. The minimum absolute atomic E-state index is 0.141. The number of carbonyl (C=O) groups is 1. The SMILES string of the molecule is CN(Cc1ccncc1)C(=O)c1cnn(C)c1N. The highest BCUT2D eigenvalue weighted by Crippen LogP contribution is 2.13. The van der Waals surface area contributed by atoms with Crippen molar-refractivity contribution >= 4 is 11.7 Å². The third kappa shape index (κ3) is 2.32. The van der Waals surface area contributed by atoms with Gasteiger partial charge in [0.05, 0.1) is 6.20 Å². The lowest BCUT2D eigenvalue weighted by atomic mass is 10.2. The maximum absolute atomic E-state index is 12.2. The molecule has 2 rings (SSSR count). The summed E-state index contributed by atoms with van der Waals surface area (Å²) < 4.78 is 1.48. The van der Waals surface area contributed by atoms with Crippen LogP contribution < -0.4 is 5.73 Å². The van der Waals surface area contributed by atoms with Gasteiger partial charge in [-0.15, -0.1) is 0 Å². The Kier molecular flexibility index (Phi) is 3.27. The number of nitrogens with zero attached hydrogens (tertiary/aromatic N) is 4. The van der Waals surface area contributed by atoms with Crippen molar-refractivity contribution in [2.75, 3.05) is 12.8 Å². The second-order valence-electron chi connectivity index (χ2n) is 4.08. The van der Waals surface area contributed by atoms with E-state index in [1.54, 1.807) is 31.4 Å². The molecule has 2 N–H and O–H groups in total. The first-order valence-corrected chi connectivity index (χ1v) is 5.51. The number of aryl methyl sites for hydroxylation is 1. The maximum atomic E-state index is 12.2. The van der Waals surface area contributed by atoms with Gasteiger partial charge in [0.2, 0.25) is 0 Å². The zero-order chi connectivity index (χ0) is 13.1. The number of nitrogens with two attached hydrogens (primary N) is 1. The van der Waals surface area contributed by atoms with Gasteiger partial charge in [0, 0.05) is 33.0 Å². The first-order valence-electron chi connectivity index (χ1n) is 5.51. The molecule has 1 amide bonds. The molecule has 2 heterocycles. The number of hydrogen-bond donors (Lipinski definition) is 1. The van der Waals surface area contributed by atoms with Crippen LogP contribution in [0.1, 0.15) is 15.9 Å². The number of nitrogen functional groups attached to an aromatic ring is 1. The van der Waals surface area contributed by atoms with E-state index in [2.05, 4.69) is 10.1 Å². The van der Waals surface area contributed by atoms with Gasteiger partial charge in [-0.25, -0.2) is 0 Å². The molecule has 94 valence electrons. The van der Waals surface area contributed by atoms with Crippen molar-refractivity contribution < 1.29 is 4.79 Å². The largest absolute Gasteiger partial charge is 0.383 e. The molecule has 0 saturated carbocycles. The summed E-state index contributed by atoms with van der Waals surface area (Å²) in [6.07, 6.45) is 4.89. The fourth-order valence-electron chi connectivity index (χ4n) is 1.65. The van der Waals surface area contributed by atoms with Crippen molar-refractivity contribution in [2.45, 2.75) is 6.54 Å². The summed E-state index contributed by atoms with van der Waals surface area (Å²) in [5, 5.41) is 3.96. The van der Waals surface area contributed by atoms with Crippen LogP contribution in [-0.4, -0.2) is 32.6 Å².